The number of carbonyl (C=O) groups excluding carboxylic acids is 2. The number of para-hydroxylation sites is 1. The zero-order chi connectivity index (χ0) is 17.0. The predicted octanol–water partition coefficient (Wildman–Crippen LogP) is 1.40. The Morgan fingerprint density at radius 2 is 1.87 bits per heavy atom. The van der Waals surface area contributed by atoms with Crippen molar-refractivity contribution in [3.05, 3.63) is 29.8 Å². The molecule has 0 N–H and O–H groups in total. The van der Waals surface area contributed by atoms with E-state index in [9.17, 15) is 9.59 Å². The van der Waals surface area contributed by atoms with E-state index in [4.69, 9.17) is 9.47 Å². The van der Waals surface area contributed by atoms with Crippen LogP contribution in [-0.2, 0) is 9.53 Å². The second kappa shape index (κ2) is 7.46. The highest BCUT2D eigenvalue weighted by molar-refractivity contribution is 5.99. The smallest absolute Gasteiger partial charge is 0.329 e. The summed E-state index contributed by atoms with van der Waals surface area (Å²) in [5.74, 6) is -0.0905. The third-order valence-electron chi connectivity index (χ3n) is 4.21. The minimum absolute atomic E-state index is 0.207. The number of piperazine rings is 1. The van der Waals surface area contributed by atoms with E-state index >= 15 is 0 Å². The molecule has 1 aliphatic rings. The van der Waals surface area contributed by atoms with Crippen LogP contribution in [0.2, 0.25) is 0 Å². The van der Waals surface area contributed by atoms with E-state index in [0.29, 0.717) is 30.4 Å². The summed E-state index contributed by atoms with van der Waals surface area (Å²) in [6.45, 7) is 5.84. The van der Waals surface area contributed by atoms with Crippen molar-refractivity contribution >= 4 is 11.9 Å². The van der Waals surface area contributed by atoms with Crippen molar-refractivity contribution in [2.75, 3.05) is 33.9 Å². The van der Waals surface area contributed by atoms with E-state index in [1.807, 2.05) is 6.07 Å². The highest BCUT2D eigenvalue weighted by atomic mass is 16.5. The van der Waals surface area contributed by atoms with E-state index in [-0.39, 0.29) is 5.91 Å². The fourth-order valence-corrected chi connectivity index (χ4v) is 2.83. The van der Waals surface area contributed by atoms with Gasteiger partial charge in [-0.25, -0.2) is 4.79 Å². The molecule has 1 amide bonds. The summed E-state index contributed by atoms with van der Waals surface area (Å²) in [6, 6.07) is 6.76. The molecule has 6 nitrogen and oxygen atoms in total. The summed E-state index contributed by atoms with van der Waals surface area (Å²) < 4.78 is 10.2. The molecule has 0 bridgehead atoms. The van der Waals surface area contributed by atoms with E-state index in [2.05, 4.69) is 18.7 Å². The van der Waals surface area contributed by atoms with E-state index in [1.54, 1.807) is 23.1 Å². The Hall–Kier alpha value is -2.08. The highest BCUT2D eigenvalue weighted by Crippen LogP contribution is 2.23. The summed E-state index contributed by atoms with van der Waals surface area (Å²) in [5, 5.41) is 0. The first-order chi connectivity index (χ1) is 11.0. The lowest BCUT2D eigenvalue weighted by atomic mass is 10.1. The van der Waals surface area contributed by atoms with Gasteiger partial charge in [0.2, 0.25) is 0 Å². The minimum Gasteiger partial charge on any atom is -0.496 e. The van der Waals surface area contributed by atoms with Gasteiger partial charge in [-0.05, 0) is 26.0 Å². The van der Waals surface area contributed by atoms with E-state index < -0.39 is 12.0 Å². The van der Waals surface area contributed by atoms with Crippen LogP contribution in [0.25, 0.3) is 0 Å². The largest absolute Gasteiger partial charge is 0.496 e. The molecule has 0 spiro atoms. The van der Waals surface area contributed by atoms with Gasteiger partial charge in [-0.1, -0.05) is 12.1 Å². The van der Waals surface area contributed by atoms with Gasteiger partial charge >= 0.3 is 5.97 Å². The third kappa shape index (κ3) is 3.64. The SMILES string of the molecule is COC(=O)C1CN(C(C)C)CCN1C(=O)c1ccccc1OC. The number of rotatable bonds is 4. The zero-order valence-corrected chi connectivity index (χ0v) is 14.1. The van der Waals surface area contributed by atoms with Crippen LogP contribution in [0.4, 0.5) is 0 Å². The lowest BCUT2D eigenvalue weighted by molar-refractivity contribution is -0.148. The Kier molecular flexibility index (Phi) is 5.60. The molecule has 23 heavy (non-hydrogen) atoms. The number of esters is 1. The molecular formula is C17H24N2O4. The van der Waals surface area contributed by atoms with E-state index in [0.717, 1.165) is 6.54 Å². The van der Waals surface area contributed by atoms with Crippen LogP contribution in [0.5, 0.6) is 5.75 Å². The second-order valence-corrected chi connectivity index (χ2v) is 5.83. The predicted molar refractivity (Wildman–Crippen MR) is 86.5 cm³/mol. The molecular weight excluding hydrogens is 296 g/mol. The normalized spacial score (nSPS) is 18.8. The number of amides is 1. The summed E-state index contributed by atoms with van der Waals surface area (Å²) in [7, 11) is 2.88. The lowest BCUT2D eigenvalue weighted by Gasteiger charge is -2.41. The van der Waals surface area contributed by atoms with Gasteiger partial charge in [-0.15, -0.1) is 0 Å². The van der Waals surface area contributed by atoms with Crippen LogP contribution in [0.3, 0.4) is 0 Å². The lowest BCUT2D eigenvalue weighted by Crippen LogP contribution is -2.59. The Bertz CT molecular complexity index is 573. The van der Waals surface area contributed by atoms with Crippen LogP contribution in [0.15, 0.2) is 24.3 Å². The van der Waals surface area contributed by atoms with Crippen LogP contribution in [0.1, 0.15) is 24.2 Å². The maximum atomic E-state index is 12.9. The molecule has 0 aliphatic carbocycles. The van der Waals surface area contributed by atoms with Gasteiger partial charge in [0.1, 0.15) is 11.8 Å². The van der Waals surface area contributed by atoms with Gasteiger partial charge in [-0.2, -0.15) is 0 Å². The van der Waals surface area contributed by atoms with Crippen molar-refractivity contribution in [1.29, 1.82) is 0 Å². The molecule has 1 aliphatic heterocycles. The maximum absolute atomic E-state index is 12.9. The molecule has 126 valence electrons. The molecule has 1 aromatic rings. The van der Waals surface area contributed by atoms with Crippen molar-refractivity contribution in [3.63, 3.8) is 0 Å². The molecule has 0 saturated carbocycles. The first-order valence-electron chi connectivity index (χ1n) is 7.75. The summed E-state index contributed by atoms with van der Waals surface area (Å²) in [6.07, 6.45) is 0. The maximum Gasteiger partial charge on any atom is 0.329 e. The molecule has 1 heterocycles. The number of hydrogen-bond acceptors (Lipinski definition) is 5. The standard InChI is InChI=1S/C17H24N2O4/c1-12(2)18-9-10-19(14(11-18)17(21)23-4)16(20)13-7-5-6-8-15(13)22-3/h5-8,12,14H,9-11H2,1-4H3. The second-order valence-electron chi connectivity index (χ2n) is 5.83. The molecule has 2 rings (SSSR count). The minimum atomic E-state index is -0.603. The van der Waals surface area contributed by atoms with Gasteiger partial charge in [0.05, 0.1) is 19.8 Å². The molecule has 1 fully saturated rings. The van der Waals surface area contributed by atoms with Crippen molar-refractivity contribution in [2.24, 2.45) is 0 Å². The first-order valence-corrected chi connectivity index (χ1v) is 7.75. The average Bonchev–Trinajstić information content (AvgIpc) is 2.59. The Morgan fingerprint density at radius 3 is 2.48 bits per heavy atom. The van der Waals surface area contributed by atoms with Crippen LogP contribution < -0.4 is 4.74 Å². The zero-order valence-electron chi connectivity index (χ0n) is 14.1. The topological polar surface area (TPSA) is 59.1 Å². The first kappa shape index (κ1) is 17.3. The fraction of sp³-hybridized carbons (Fsp3) is 0.529. The van der Waals surface area contributed by atoms with Crippen molar-refractivity contribution in [3.8, 4) is 5.75 Å². The molecule has 0 radical (unpaired) electrons. The molecule has 1 unspecified atom stereocenters. The third-order valence-corrected chi connectivity index (χ3v) is 4.21. The Morgan fingerprint density at radius 1 is 1.17 bits per heavy atom. The highest BCUT2D eigenvalue weighted by Gasteiger charge is 2.37. The van der Waals surface area contributed by atoms with Gasteiger partial charge in [0.25, 0.3) is 5.91 Å². The monoisotopic (exact) mass is 320 g/mol. The number of benzene rings is 1. The van der Waals surface area contributed by atoms with Crippen molar-refractivity contribution < 1.29 is 19.1 Å². The summed E-state index contributed by atoms with van der Waals surface area (Å²) in [5.41, 5.74) is 0.460. The number of nitrogens with zero attached hydrogens (tertiary/aromatic N) is 2. The van der Waals surface area contributed by atoms with Gasteiger partial charge < -0.3 is 14.4 Å². The Labute approximate surface area is 137 Å². The molecule has 6 heteroatoms. The van der Waals surface area contributed by atoms with Gasteiger partial charge in [0.15, 0.2) is 0 Å². The van der Waals surface area contributed by atoms with Crippen LogP contribution in [-0.4, -0.2) is 67.6 Å². The number of ether oxygens (including phenoxy) is 2. The van der Waals surface area contributed by atoms with Gasteiger partial charge in [-0.3, -0.25) is 9.69 Å². The average molecular weight is 320 g/mol. The van der Waals surface area contributed by atoms with Gasteiger partial charge in [0, 0.05) is 25.7 Å². The molecule has 0 aromatic heterocycles. The number of methoxy groups -OCH3 is 2. The molecule has 1 atom stereocenters. The van der Waals surface area contributed by atoms with Crippen LogP contribution >= 0.6 is 0 Å². The van der Waals surface area contributed by atoms with Crippen LogP contribution in [0, 0.1) is 0 Å². The number of hydrogen-bond donors (Lipinski definition) is 0. The van der Waals surface area contributed by atoms with Crippen molar-refractivity contribution in [1.82, 2.24) is 9.80 Å². The summed E-state index contributed by atoms with van der Waals surface area (Å²) >= 11 is 0. The summed E-state index contributed by atoms with van der Waals surface area (Å²) in [4.78, 5) is 28.8. The number of carbonyl (C=O) groups is 2. The Balaban J connectivity index is 2.28. The fourth-order valence-electron chi connectivity index (χ4n) is 2.83. The van der Waals surface area contributed by atoms with E-state index in [1.165, 1.54) is 14.2 Å². The van der Waals surface area contributed by atoms with Crippen molar-refractivity contribution in [2.45, 2.75) is 25.9 Å². The molecule has 1 aromatic carbocycles. The quantitative estimate of drug-likeness (QED) is 0.785. The molecule has 1 saturated heterocycles.